The highest BCUT2D eigenvalue weighted by atomic mass is 35.5. The van der Waals surface area contributed by atoms with Gasteiger partial charge in [-0.15, -0.1) is 0 Å². The summed E-state index contributed by atoms with van der Waals surface area (Å²) in [6, 6.07) is 4.26. The van der Waals surface area contributed by atoms with Crippen molar-refractivity contribution in [3.8, 4) is 0 Å². The van der Waals surface area contributed by atoms with Gasteiger partial charge in [0.15, 0.2) is 9.84 Å². The van der Waals surface area contributed by atoms with Crippen LogP contribution >= 0.6 is 11.6 Å². The van der Waals surface area contributed by atoms with Crippen LogP contribution in [0.3, 0.4) is 0 Å². The Morgan fingerprint density at radius 1 is 1.19 bits per heavy atom. The Labute approximate surface area is 168 Å². The zero-order chi connectivity index (χ0) is 20.2. The van der Waals surface area contributed by atoms with Gasteiger partial charge in [-0.05, 0) is 57.1 Å². The van der Waals surface area contributed by atoms with Crippen LogP contribution in [0.2, 0.25) is 5.02 Å². The Morgan fingerprint density at radius 3 is 2.41 bits per heavy atom. The lowest BCUT2D eigenvalue weighted by molar-refractivity contribution is 0.269. The van der Waals surface area contributed by atoms with Gasteiger partial charge in [-0.1, -0.05) is 31.5 Å². The Bertz CT molecular complexity index is 852. The topological polar surface area (TPSA) is 74.8 Å². The van der Waals surface area contributed by atoms with Gasteiger partial charge in [0.1, 0.15) is 0 Å². The highest BCUT2D eigenvalue weighted by Crippen LogP contribution is 2.28. The monoisotopic (exact) mass is 436 g/mol. The Balaban J connectivity index is 2.32. The molecule has 1 heterocycles. The molecule has 0 unspecified atom stereocenters. The molecule has 1 atom stereocenters. The maximum absolute atomic E-state index is 13.4. The minimum Gasteiger partial charge on any atom is -0.304 e. The number of aryl methyl sites for hydroxylation is 1. The van der Waals surface area contributed by atoms with E-state index >= 15 is 0 Å². The molecule has 6 nitrogen and oxygen atoms in total. The molecule has 1 fully saturated rings. The molecule has 1 aliphatic rings. The van der Waals surface area contributed by atoms with Gasteiger partial charge in [0.2, 0.25) is 10.0 Å². The lowest BCUT2D eigenvalue weighted by atomic mass is 10.2. The van der Waals surface area contributed by atoms with E-state index in [1.54, 1.807) is 19.1 Å². The van der Waals surface area contributed by atoms with Gasteiger partial charge >= 0.3 is 0 Å². The fourth-order valence-electron chi connectivity index (χ4n) is 3.47. The number of hydrogen-bond acceptors (Lipinski definition) is 5. The number of halogens is 1. The van der Waals surface area contributed by atoms with E-state index < -0.39 is 25.9 Å². The molecule has 1 saturated heterocycles. The first-order valence-electron chi connectivity index (χ1n) is 9.31. The van der Waals surface area contributed by atoms with Gasteiger partial charge in [0.25, 0.3) is 0 Å². The lowest BCUT2D eigenvalue weighted by Crippen LogP contribution is -2.42. The fourth-order valence-corrected chi connectivity index (χ4v) is 7.48. The van der Waals surface area contributed by atoms with E-state index in [0.717, 1.165) is 19.6 Å². The van der Waals surface area contributed by atoms with E-state index in [4.69, 9.17) is 11.6 Å². The van der Waals surface area contributed by atoms with E-state index in [9.17, 15) is 16.8 Å². The van der Waals surface area contributed by atoms with Crippen LogP contribution in [-0.4, -0.2) is 69.8 Å². The molecule has 27 heavy (non-hydrogen) atoms. The smallest absolute Gasteiger partial charge is 0.243 e. The van der Waals surface area contributed by atoms with Gasteiger partial charge < -0.3 is 4.90 Å². The number of nitrogens with zero attached hydrogens (tertiary/aromatic N) is 2. The van der Waals surface area contributed by atoms with Crippen LogP contribution in [0, 0.1) is 6.92 Å². The molecule has 1 aromatic carbocycles. The predicted molar refractivity (Wildman–Crippen MR) is 110 cm³/mol. The molecule has 154 valence electrons. The molecule has 0 N–H and O–H groups in total. The second-order valence-electron chi connectivity index (χ2n) is 6.96. The second-order valence-corrected chi connectivity index (χ2v) is 11.5. The molecule has 0 spiro atoms. The summed E-state index contributed by atoms with van der Waals surface area (Å²) in [5.74, 6) is -0.0780. The number of benzene rings is 1. The second kappa shape index (κ2) is 9.22. The van der Waals surface area contributed by atoms with Crippen molar-refractivity contribution < 1.29 is 16.8 Å². The first kappa shape index (κ1) is 22.6. The van der Waals surface area contributed by atoms with Crippen LogP contribution < -0.4 is 0 Å². The zero-order valence-corrected chi connectivity index (χ0v) is 18.6. The fraction of sp³-hybridized carbons (Fsp3) is 0.667. The van der Waals surface area contributed by atoms with Gasteiger partial charge in [0.05, 0.1) is 16.4 Å². The van der Waals surface area contributed by atoms with E-state index in [2.05, 4.69) is 18.7 Å². The van der Waals surface area contributed by atoms with Crippen LogP contribution in [0.1, 0.15) is 32.3 Å². The Kier molecular flexibility index (Phi) is 7.72. The summed E-state index contributed by atoms with van der Waals surface area (Å²) in [6.45, 7) is 8.72. The minimum atomic E-state index is -3.83. The van der Waals surface area contributed by atoms with Gasteiger partial charge in [-0.3, -0.25) is 0 Å². The summed E-state index contributed by atoms with van der Waals surface area (Å²) in [7, 11) is -7.03. The van der Waals surface area contributed by atoms with Crippen molar-refractivity contribution in [1.82, 2.24) is 9.21 Å². The average Bonchev–Trinajstić information content (AvgIpc) is 2.96. The van der Waals surface area contributed by atoms with Crippen molar-refractivity contribution in [3.05, 3.63) is 28.8 Å². The molecular formula is C18H29ClN2O4S2. The number of hydrogen-bond donors (Lipinski definition) is 0. The Hall–Kier alpha value is -0.670. The zero-order valence-electron chi connectivity index (χ0n) is 16.2. The SMILES string of the molecule is CCN(CC)CCCN([C@@H]1CCS(=O)(=O)C1)S(=O)(=O)c1cc(Cl)ccc1C. The highest BCUT2D eigenvalue weighted by molar-refractivity contribution is 7.92. The van der Waals surface area contributed by atoms with Crippen molar-refractivity contribution in [3.63, 3.8) is 0 Å². The molecule has 0 radical (unpaired) electrons. The standard InChI is InChI=1S/C18H29ClN2O4S2/c1-4-20(5-2)10-6-11-21(17-9-12-26(22,23)14-17)27(24,25)18-13-16(19)8-7-15(18)3/h7-8,13,17H,4-6,9-12,14H2,1-3H3/t17-/m1/s1. The highest BCUT2D eigenvalue weighted by Gasteiger charge is 2.39. The van der Waals surface area contributed by atoms with Gasteiger partial charge in [-0.2, -0.15) is 4.31 Å². The number of sulfonamides is 1. The Morgan fingerprint density at radius 2 is 1.85 bits per heavy atom. The third-order valence-corrected chi connectivity index (χ3v) is 9.18. The molecule has 0 aliphatic carbocycles. The number of rotatable bonds is 9. The van der Waals surface area contributed by atoms with Crippen LogP contribution in [0.15, 0.2) is 23.1 Å². The van der Waals surface area contributed by atoms with Gasteiger partial charge in [-0.25, -0.2) is 16.8 Å². The third-order valence-electron chi connectivity index (χ3n) is 5.10. The van der Waals surface area contributed by atoms with Crippen LogP contribution in [0.4, 0.5) is 0 Å². The molecule has 0 saturated carbocycles. The quantitative estimate of drug-likeness (QED) is 0.594. The first-order chi connectivity index (χ1) is 12.6. The van der Waals surface area contributed by atoms with E-state index in [1.165, 1.54) is 10.4 Å². The normalized spacial score (nSPS) is 19.9. The van der Waals surface area contributed by atoms with E-state index in [-0.39, 0.29) is 16.4 Å². The lowest BCUT2D eigenvalue weighted by Gasteiger charge is -2.29. The van der Waals surface area contributed by atoms with Crippen molar-refractivity contribution in [1.29, 1.82) is 0 Å². The van der Waals surface area contributed by atoms with E-state index in [0.29, 0.717) is 30.0 Å². The summed E-state index contributed by atoms with van der Waals surface area (Å²) in [5.41, 5.74) is 0.606. The first-order valence-corrected chi connectivity index (χ1v) is 13.0. The van der Waals surface area contributed by atoms with Crippen molar-refractivity contribution in [2.24, 2.45) is 0 Å². The van der Waals surface area contributed by atoms with E-state index in [1.807, 2.05) is 0 Å². The maximum atomic E-state index is 13.4. The molecule has 1 aromatic rings. The van der Waals surface area contributed by atoms with Crippen molar-refractivity contribution >= 4 is 31.5 Å². The van der Waals surface area contributed by atoms with Crippen LogP contribution in [0.5, 0.6) is 0 Å². The molecule has 9 heteroatoms. The summed E-state index contributed by atoms with van der Waals surface area (Å²) >= 11 is 6.03. The number of sulfone groups is 1. The third kappa shape index (κ3) is 5.67. The van der Waals surface area contributed by atoms with Crippen molar-refractivity contribution in [2.75, 3.05) is 37.7 Å². The summed E-state index contributed by atoms with van der Waals surface area (Å²) in [4.78, 5) is 2.38. The summed E-state index contributed by atoms with van der Waals surface area (Å²) < 4.78 is 52.1. The molecule has 0 amide bonds. The minimum absolute atomic E-state index is 0.0360. The predicted octanol–water partition coefficient (Wildman–Crippen LogP) is 2.56. The van der Waals surface area contributed by atoms with Crippen molar-refractivity contribution in [2.45, 2.75) is 44.6 Å². The molecular weight excluding hydrogens is 408 g/mol. The molecule has 2 rings (SSSR count). The molecule has 0 aromatic heterocycles. The summed E-state index contributed by atoms with van der Waals surface area (Å²) in [5, 5.41) is 0.348. The maximum Gasteiger partial charge on any atom is 0.243 e. The molecule has 1 aliphatic heterocycles. The van der Waals surface area contributed by atoms with Gasteiger partial charge in [0, 0.05) is 17.6 Å². The average molecular weight is 437 g/mol. The van der Waals surface area contributed by atoms with Crippen LogP contribution in [0.25, 0.3) is 0 Å². The molecule has 0 bridgehead atoms. The largest absolute Gasteiger partial charge is 0.304 e. The summed E-state index contributed by atoms with van der Waals surface area (Å²) in [6.07, 6.45) is 0.990. The van der Waals surface area contributed by atoms with Crippen LogP contribution in [-0.2, 0) is 19.9 Å².